The Morgan fingerprint density at radius 2 is 2.00 bits per heavy atom. The van der Waals surface area contributed by atoms with Crippen molar-refractivity contribution < 1.29 is 17.9 Å². The summed E-state index contributed by atoms with van der Waals surface area (Å²) in [6.07, 6.45) is 3.19. The van der Waals surface area contributed by atoms with Crippen molar-refractivity contribution in [1.29, 1.82) is 0 Å². The van der Waals surface area contributed by atoms with Crippen LogP contribution in [0.2, 0.25) is 0 Å². The number of carbonyl (C=O) groups is 1. The molecular weight excluding hydrogens is 312 g/mol. The van der Waals surface area contributed by atoms with Gasteiger partial charge in [0.25, 0.3) is 0 Å². The van der Waals surface area contributed by atoms with Gasteiger partial charge in [0.15, 0.2) is 0 Å². The lowest BCUT2D eigenvalue weighted by Gasteiger charge is -2.17. The molecule has 0 N–H and O–H groups in total. The van der Waals surface area contributed by atoms with Gasteiger partial charge in [0, 0.05) is 26.0 Å². The van der Waals surface area contributed by atoms with E-state index in [-0.39, 0.29) is 16.3 Å². The number of thiophene rings is 1. The largest absolute Gasteiger partial charge is 0.465 e. The second-order valence-corrected chi connectivity index (χ2v) is 7.15. The second-order valence-electron chi connectivity index (χ2n) is 4.22. The molecule has 8 heteroatoms. The number of carbonyl (C=O) groups excluding carboxylic acids is 1. The van der Waals surface area contributed by atoms with Crippen LogP contribution in [0.15, 0.2) is 40.9 Å². The predicted molar refractivity (Wildman–Crippen MR) is 78.5 cm³/mol. The van der Waals surface area contributed by atoms with Crippen LogP contribution in [0.5, 0.6) is 0 Å². The standard InChI is InChI=1S/C13H14N2O4S2/c1-15(9-10-3-6-14-7-4-10)21(17,18)11-5-8-20-12(11)13(16)19-2/h3-8H,9H2,1-2H3. The number of nitrogens with zero attached hydrogens (tertiary/aromatic N) is 2. The number of hydrogen-bond donors (Lipinski definition) is 0. The van der Waals surface area contributed by atoms with Gasteiger partial charge >= 0.3 is 5.97 Å². The van der Waals surface area contributed by atoms with Crippen LogP contribution in [-0.4, -0.2) is 37.8 Å². The monoisotopic (exact) mass is 326 g/mol. The average molecular weight is 326 g/mol. The Kier molecular flexibility index (Phi) is 4.71. The van der Waals surface area contributed by atoms with E-state index in [1.807, 2.05) is 0 Å². The summed E-state index contributed by atoms with van der Waals surface area (Å²) in [5.74, 6) is -0.652. The smallest absolute Gasteiger partial charge is 0.349 e. The van der Waals surface area contributed by atoms with Crippen LogP contribution in [0.3, 0.4) is 0 Å². The number of sulfonamides is 1. The summed E-state index contributed by atoms with van der Waals surface area (Å²) in [5, 5.41) is 1.55. The Morgan fingerprint density at radius 3 is 2.62 bits per heavy atom. The number of methoxy groups -OCH3 is 1. The van der Waals surface area contributed by atoms with Gasteiger partial charge < -0.3 is 4.74 Å². The Bertz CT molecular complexity index is 726. The first kappa shape index (κ1) is 15.6. The van der Waals surface area contributed by atoms with Crippen LogP contribution in [-0.2, 0) is 21.3 Å². The number of esters is 1. The van der Waals surface area contributed by atoms with Crippen LogP contribution in [0.4, 0.5) is 0 Å². The highest BCUT2D eigenvalue weighted by Gasteiger charge is 2.28. The number of rotatable bonds is 5. The van der Waals surface area contributed by atoms with Crippen molar-refractivity contribution in [2.75, 3.05) is 14.2 Å². The molecule has 21 heavy (non-hydrogen) atoms. The lowest BCUT2D eigenvalue weighted by molar-refractivity contribution is 0.0602. The van der Waals surface area contributed by atoms with E-state index in [0.717, 1.165) is 16.9 Å². The predicted octanol–water partition coefficient (Wildman–Crippen LogP) is 1.75. The molecule has 0 saturated heterocycles. The minimum atomic E-state index is -3.76. The van der Waals surface area contributed by atoms with Gasteiger partial charge in [0.2, 0.25) is 10.0 Å². The summed E-state index contributed by atoms with van der Waals surface area (Å²) < 4.78 is 30.9. The van der Waals surface area contributed by atoms with E-state index in [4.69, 9.17) is 0 Å². The van der Waals surface area contributed by atoms with E-state index >= 15 is 0 Å². The van der Waals surface area contributed by atoms with Gasteiger partial charge in [-0.15, -0.1) is 11.3 Å². The Labute approximate surface area is 127 Å². The van der Waals surface area contributed by atoms with E-state index in [1.165, 1.54) is 24.5 Å². The molecular formula is C13H14N2O4S2. The van der Waals surface area contributed by atoms with Gasteiger partial charge in [-0.3, -0.25) is 4.98 Å². The fourth-order valence-electron chi connectivity index (χ4n) is 1.74. The van der Waals surface area contributed by atoms with E-state index in [1.54, 1.807) is 29.9 Å². The molecule has 0 radical (unpaired) electrons. The lowest BCUT2D eigenvalue weighted by atomic mass is 10.3. The van der Waals surface area contributed by atoms with Crippen molar-refractivity contribution in [3.8, 4) is 0 Å². The molecule has 2 heterocycles. The molecule has 0 fully saturated rings. The lowest BCUT2D eigenvalue weighted by Crippen LogP contribution is -2.27. The fourth-order valence-corrected chi connectivity index (χ4v) is 4.20. The van der Waals surface area contributed by atoms with Crippen LogP contribution in [0.1, 0.15) is 15.2 Å². The van der Waals surface area contributed by atoms with E-state index in [2.05, 4.69) is 9.72 Å². The molecule has 0 atom stereocenters. The molecule has 2 rings (SSSR count). The summed E-state index contributed by atoms with van der Waals surface area (Å²) in [7, 11) is -1.07. The van der Waals surface area contributed by atoms with Crippen LogP contribution >= 0.6 is 11.3 Å². The molecule has 0 aromatic carbocycles. The number of ether oxygens (including phenoxy) is 1. The molecule has 0 bridgehead atoms. The Hall–Kier alpha value is -1.77. The summed E-state index contributed by atoms with van der Waals surface area (Å²) in [6, 6.07) is 4.89. The molecule has 2 aromatic heterocycles. The summed E-state index contributed by atoms with van der Waals surface area (Å²) >= 11 is 1.04. The zero-order chi connectivity index (χ0) is 15.5. The maximum Gasteiger partial charge on any atom is 0.349 e. The number of aromatic nitrogens is 1. The van der Waals surface area contributed by atoms with Gasteiger partial charge in [-0.05, 0) is 29.1 Å². The van der Waals surface area contributed by atoms with Crippen molar-refractivity contribution in [1.82, 2.24) is 9.29 Å². The first-order chi connectivity index (χ1) is 9.96. The summed E-state index contributed by atoms with van der Waals surface area (Å²) in [4.78, 5) is 15.6. The van der Waals surface area contributed by atoms with Crippen LogP contribution in [0.25, 0.3) is 0 Å². The van der Waals surface area contributed by atoms with Crippen LogP contribution in [0, 0.1) is 0 Å². The molecule has 0 aliphatic carbocycles. The zero-order valence-corrected chi connectivity index (χ0v) is 13.1. The van der Waals surface area contributed by atoms with Gasteiger partial charge in [-0.2, -0.15) is 4.31 Å². The van der Waals surface area contributed by atoms with Gasteiger partial charge in [0.1, 0.15) is 9.77 Å². The summed E-state index contributed by atoms with van der Waals surface area (Å²) in [5.41, 5.74) is 0.811. The zero-order valence-electron chi connectivity index (χ0n) is 11.5. The maximum absolute atomic E-state index is 12.5. The highest BCUT2D eigenvalue weighted by atomic mass is 32.2. The molecule has 0 spiro atoms. The minimum absolute atomic E-state index is 0.0316. The van der Waals surface area contributed by atoms with Crippen molar-refractivity contribution in [3.05, 3.63) is 46.4 Å². The highest BCUT2D eigenvalue weighted by molar-refractivity contribution is 7.89. The third-order valence-electron chi connectivity index (χ3n) is 2.84. The molecule has 2 aromatic rings. The Morgan fingerprint density at radius 1 is 1.33 bits per heavy atom. The van der Waals surface area contributed by atoms with Crippen molar-refractivity contribution in [3.63, 3.8) is 0 Å². The first-order valence-electron chi connectivity index (χ1n) is 5.98. The number of hydrogen-bond acceptors (Lipinski definition) is 6. The maximum atomic E-state index is 12.5. The molecule has 0 saturated carbocycles. The van der Waals surface area contributed by atoms with Crippen molar-refractivity contribution in [2.24, 2.45) is 0 Å². The molecule has 0 aliphatic rings. The van der Waals surface area contributed by atoms with E-state index in [9.17, 15) is 13.2 Å². The number of pyridine rings is 1. The molecule has 0 amide bonds. The SMILES string of the molecule is COC(=O)c1sccc1S(=O)(=O)N(C)Cc1ccncc1. The topological polar surface area (TPSA) is 76.6 Å². The third kappa shape index (κ3) is 3.29. The first-order valence-corrected chi connectivity index (χ1v) is 8.30. The second kappa shape index (κ2) is 6.33. The normalized spacial score (nSPS) is 11.6. The molecule has 0 unspecified atom stereocenters. The third-order valence-corrected chi connectivity index (χ3v) is 5.71. The van der Waals surface area contributed by atoms with Gasteiger partial charge in [0.05, 0.1) is 7.11 Å². The molecule has 6 nitrogen and oxygen atoms in total. The minimum Gasteiger partial charge on any atom is -0.465 e. The quantitative estimate of drug-likeness (QED) is 0.782. The van der Waals surface area contributed by atoms with E-state index < -0.39 is 16.0 Å². The Balaban J connectivity index is 2.30. The van der Waals surface area contributed by atoms with Crippen molar-refractivity contribution >= 4 is 27.3 Å². The molecule has 112 valence electrons. The van der Waals surface area contributed by atoms with Gasteiger partial charge in [-0.25, -0.2) is 13.2 Å². The summed E-state index contributed by atoms with van der Waals surface area (Å²) in [6.45, 7) is 0.196. The molecule has 0 aliphatic heterocycles. The fraction of sp³-hybridized carbons (Fsp3) is 0.231. The van der Waals surface area contributed by atoms with Crippen molar-refractivity contribution in [2.45, 2.75) is 11.4 Å². The van der Waals surface area contributed by atoms with Gasteiger partial charge in [-0.1, -0.05) is 0 Å². The van der Waals surface area contributed by atoms with E-state index in [0.29, 0.717) is 0 Å². The van der Waals surface area contributed by atoms with Crippen LogP contribution < -0.4 is 0 Å². The average Bonchev–Trinajstić information content (AvgIpc) is 2.97. The highest BCUT2D eigenvalue weighted by Crippen LogP contribution is 2.26.